The number of nitrogens with one attached hydrogen (secondary N) is 1. The Hall–Kier alpha value is -1.07. The third-order valence-corrected chi connectivity index (χ3v) is 4.27. The van der Waals surface area contributed by atoms with Crippen molar-refractivity contribution >= 4 is 33.2 Å². The van der Waals surface area contributed by atoms with E-state index < -0.39 is 6.04 Å². The molecule has 1 aromatic rings. The number of carbonyl (C=O) groups excluding carboxylic acids is 1. The minimum atomic E-state index is -0.543. The summed E-state index contributed by atoms with van der Waals surface area (Å²) >= 11 is 3.57. The predicted octanol–water partition coefficient (Wildman–Crippen LogP) is 2.25. The molecule has 0 radical (unpaired) electrons. The van der Waals surface area contributed by atoms with E-state index in [0.29, 0.717) is 0 Å². The van der Waals surface area contributed by atoms with Crippen molar-refractivity contribution in [2.24, 2.45) is 11.7 Å². The zero-order valence-corrected chi connectivity index (χ0v) is 11.8. The number of rotatable bonds is 3. The van der Waals surface area contributed by atoms with Crippen molar-refractivity contribution in [3.63, 3.8) is 0 Å². The number of nitrogens with two attached hydrogens (primary N) is 1. The average Bonchev–Trinajstić information content (AvgIpc) is 3.08. The first-order chi connectivity index (χ1) is 8.56. The van der Waals surface area contributed by atoms with Crippen LogP contribution in [0.25, 0.3) is 0 Å². The lowest BCUT2D eigenvalue weighted by atomic mass is 10.1. The zero-order valence-electron chi connectivity index (χ0n) is 10.2. The third-order valence-electron chi connectivity index (χ3n) is 3.63. The maximum atomic E-state index is 11.5. The van der Waals surface area contributed by atoms with Gasteiger partial charge in [0.2, 0.25) is 5.91 Å². The van der Waals surface area contributed by atoms with E-state index in [4.69, 9.17) is 5.73 Å². The lowest BCUT2D eigenvalue weighted by molar-refractivity contribution is -0.116. The number of nitrogens with zero attached hydrogens (tertiary/aromatic N) is 1. The molecule has 0 spiro atoms. The van der Waals surface area contributed by atoms with Gasteiger partial charge in [-0.3, -0.25) is 4.79 Å². The van der Waals surface area contributed by atoms with E-state index in [2.05, 4.69) is 33.2 Å². The van der Waals surface area contributed by atoms with E-state index in [0.717, 1.165) is 33.9 Å². The molecule has 18 heavy (non-hydrogen) atoms. The summed E-state index contributed by atoms with van der Waals surface area (Å²) in [5, 5.41) is 2.83. The largest absolute Gasteiger partial charge is 0.373 e. The first-order valence-corrected chi connectivity index (χ1v) is 6.96. The van der Waals surface area contributed by atoms with Gasteiger partial charge in [-0.05, 0) is 46.8 Å². The molecule has 3 rings (SSSR count). The predicted molar refractivity (Wildman–Crippen MR) is 75.7 cm³/mol. The molecule has 2 aliphatic rings. The summed E-state index contributed by atoms with van der Waals surface area (Å²) in [6, 6.07) is 3.42. The summed E-state index contributed by atoms with van der Waals surface area (Å²) < 4.78 is 0.997. The van der Waals surface area contributed by atoms with Crippen molar-refractivity contribution in [1.29, 1.82) is 0 Å². The number of anilines is 2. The number of hydrogen-bond acceptors (Lipinski definition) is 3. The summed E-state index contributed by atoms with van der Waals surface area (Å²) in [5.41, 5.74) is 8.65. The molecule has 1 heterocycles. The van der Waals surface area contributed by atoms with Crippen LogP contribution < -0.4 is 16.0 Å². The average molecular weight is 310 g/mol. The molecule has 1 unspecified atom stereocenters. The van der Waals surface area contributed by atoms with Gasteiger partial charge in [0.1, 0.15) is 6.04 Å². The molecule has 1 fully saturated rings. The van der Waals surface area contributed by atoms with Gasteiger partial charge in [0.25, 0.3) is 0 Å². The van der Waals surface area contributed by atoms with Crippen LogP contribution in [0.15, 0.2) is 16.6 Å². The number of fused-ring (bicyclic) bond motifs is 1. The molecular formula is C13H16BrN3O. The van der Waals surface area contributed by atoms with E-state index in [1.54, 1.807) is 0 Å². The molecule has 3 N–H and O–H groups in total. The molecule has 0 bridgehead atoms. The first-order valence-electron chi connectivity index (χ1n) is 6.17. The van der Waals surface area contributed by atoms with Gasteiger partial charge in [-0.25, -0.2) is 0 Å². The smallest absolute Gasteiger partial charge is 0.245 e. The fourth-order valence-electron chi connectivity index (χ4n) is 2.37. The number of carbonyl (C=O) groups is 1. The van der Waals surface area contributed by atoms with E-state index in [9.17, 15) is 4.79 Å². The summed E-state index contributed by atoms with van der Waals surface area (Å²) in [7, 11) is 2.08. The Bertz CT molecular complexity index is 513. The molecule has 1 aromatic carbocycles. The number of amides is 1. The fourth-order valence-corrected chi connectivity index (χ4v) is 3.04. The Kier molecular flexibility index (Phi) is 2.83. The lowest BCUT2D eigenvalue weighted by Gasteiger charge is -2.21. The van der Waals surface area contributed by atoms with Crippen LogP contribution in [0.2, 0.25) is 0 Å². The quantitative estimate of drug-likeness (QED) is 0.900. The van der Waals surface area contributed by atoms with Crippen molar-refractivity contribution in [3.8, 4) is 0 Å². The highest BCUT2D eigenvalue weighted by molar-refractivity contribution is 9.10. The van der Waals surface area contributed by atoms with Crippen LogP contribution in [0, 0.1) is 5.92 Å². The van der Waals surface area contributed by atoms with Gasteiger partial charge >= 0.3 is 0 Å². The monoisotopic (exact) mass is 309 g/mol. The van der Waals surface area contributed by atoms with Gasteiger partial charge < -0.3 is 16.0 Å². The maximum Gasteiger partial charge on any atom is 0.245 e. The number of hydrogen-bond donors (Lipinski definition) is 2. The number of benzene rings is 1. The molecule has 5 heteroatoms. The Morgan fingerprint density at radius 3 is 2.89 bits per heavy atom. The molecule has 1 aliphatic carbocycles. The standard InChI is InChI=1S/C13H16BrN3O/c1-17(6-7-2-3-7)11-5-10-8(4-9(11)14)12(15)13(18)16-10/h4-5,7,12H,2-3,6,15H2,1H3,(H,16,18). The summed E-state index contributed by atoms with van der Waals surface area (Å²) in [4.78, 5) is 13.8. The molecule has 1 atom stereocenters. The third kappa shape index (κ3) is 2.01. The molecule has 1 aliphatic heterocycles. The second-order valence-corrected chi connectivity index (χ2v) is 6.04. The summed E-state index contributed by atoms with van der Waals surface area (Å²) in [5.74, 6) is 0.700. The van der Waals surface area contributed by atoms with Crippen LogP contribution in [-0.4, -0.2) is 19.5 Å². The molecule has 0 saturated heterocycles. The van der Waals surface area contributed by atoms with Crippen LogP contribution in [0.5, 0.6) is 0 Å². The van der Waals surface area contributed by atoms with Gasteiger partial charge in [0.15, 0.2) is 0 Å². The van der Waals surface area contributed by atoms with Gasteiger partial charge in [-0.1, -0.05) is 0 Å². The molecule has 4 nitrogen and oxygen atoms in total. The zero-order chi connectivity index (χ0) is 12.9. The van der Waals surface area contributed by atoms with Crippen LogP contribution >= 0.6 is 15.9 Å². The van der Waals surface area contributed by atoms with Crippen LogP contribution in [0.4, 0.5) is 11.4 Å². The van der Waals surface area contributed by atoms with Crippen molar-refractivity contribution < 1.29 is 4.79 Å². The SMILES string of the molecule is CN(CC1CC1)c1cc2c(cc1Br)C(N)C(=O)N2. The van der Waals surface area contributed by atoms with Crippen LogP contribution in [-0.2, 0) is 4.79 Å². The summed E-state index contributed by atoms with van der Waals surface area (Å²) in [6.07, 6.45) is 2.66. The van der Waals surface area contributed by atoms with Gasteiger partial charge in [0, 0.05) is 29.3 Å². The summed E-state index contributed by atoms with van der Waals surface area (Å²) in [6.45, 7) is 1.07. The highest BCUT2D eigenvalue weighted by Crippen LogP contribution is 2.39. The van der Waals surface area contributed by atoms with Gasteiger partial charge in [-0.2, -0.15) is 0 Å². The maximum absolute atomic E-state index is 11.5. The van der Waals surface area contributed by atoms with Crippen LogP contribution in [0.3, 0.4) is 0 Å². The highest BCUT2D eigenvalue weighted by atomic mass is 79.9. The molecule has 0 aromatic heterocycles. The van der Waals surface area contributed by atoms with E-state index in [1.807, 2.05) is 12.1 Å². The first kappa shape index (κ1) is 12.0. The topological polar surface area (TPSA) is 58.4 Å². The normalized spacial score (nSPS) is 21.7. The number of halogens is 1. The second-order valence-electron chi connectivity index (χ2n) is 5.18. The molecule has 96 valence electrons. The minimum Gasteiger partial charge on any atom is -0.373 e. The molecule has 1 saturated carbocycles. The minimum absolute atomic E-state index is 0.126. The second kappa shape index (κ2) is 4.24. The van der Waals surface area contributed by atoms with Gasteiger partial charge in [-0.15, -0.1) is 0 Å². The van der Waals surface area contributed by atoms with Crippen molar-refractivity contribution in [2.75, 3.05) is 23.8 Å². The Balaban J connectivity index is 1.92. The Labute approximate surface area is 115 Å². The van der Waals surface area contributed by atoms with E-state index in [1.165, 1.54) is 12.8 Å². The van der Waals surface area contributed by atoms with Gasteiger partial charge in [0.05, 0.1) is 5.69 Å². The van der Waals surface area contributed by atoms with E-state index in [-0.39, 0.29) is 5.91 Å². The Morgan fingerprint density at radius 2 is 2.22 bits per heavy atom. The van der Waals surface area contributed by atoms with E-state index >= 15 is 0 Å². The van der Waals surface area contributed by atoms with Crippen LogP contribution in [0.1, 0.15) is 24.4 Å². The molecular weight excluding hydrogens is 294 g/mol. The molecule has 1 amide bonds. The highest BCUT2D eigenvalue weighted by Gasteiger charge is 2.29. The lowest BCUT2D eigenvalue weighted by Crippen LogP contribution is -2.20. The Morgan fingerprint density at radius 1 is 1.50 bits per heavy atom. The van der Waals surface area contributed by atoms with Crippen molar-refractivity contribution in [1.82, 2.24) is 0 Å². The van der Waals surface area contributed by atoms with Crippen molar-refractivity contribution in [3.05, 3.63) is 22.2 Å². The van der Waals surface area contributed by atoms with Crippen molar-refractivity contribution in [2.45, 2.75) is 18.9 Å². The fraction of sp³-hybridized carbons (Fsp3) is 0.462.